The van der Waals surface area contributed by atoms with Gasteiger partial charge in [-0.3, -0.25) is 9.59 Å². The van der Waals surface area contributed by atoms with Gasteiger partial charge in [0.05, 0.1) is 11.3 Å². The van der Waals surface area contributed by atoms with Crippen molar-refractivity contribution in [2.75, 3.05) is 13.1 Å². The van der Waals surface area contributed by atoms with Crippen molar-refractivity contribution >= 4 is 5.91 Å². The number of amides is 1. The molecule has 0 aromatic carbocycles. The number of hydrogen-bond acceptors (Lipinski definition) is 5. The smallest absolute Gasteiger partial charge is 0.256 e. The number of likely N-dealkylation sites (tertiary alicyclic amines) is 1. The molecule has 0 atom stereocenters. The first-order valence-corrected chi connectivity index (χ1v) is 8.25. The zero-order valence-electron chi connectivity index (χ0n) is 14.0. The second-order valence-corrected chi connectivity index (χ2v) is 6.06. The lowest BCUT2D eigenvalue weighted by atomic mass is 9.93. The molecule has 1 aliphatic rings. The van der Waals surface area contributed by atoms with Gasteiger partial charge in [0.2, 0.25) is 0 Å². The molecule has 1 saturated heterocycles. The van der Waals surface area contributed by atoms with Crippen molar-refractivity contribution in [2.24, 2.45) is 0 Å². The van der Waals surface area contributed by atoms with Crippen LogP contribution < -0.4 is 5.56 Å². The van der Waals surface area contributed by atoms with Crippen molar-refractivity contribution < 1.29 is 4.79 Å². The van der Waals surface area contributed by atoms with Crippen molar-refractivity contribution in [1.82, 2.24) is 24.8 Å². The minimum atomic E-state index is -0.121. The van der Waals surface area contributed by atoms with Crippen LogP contribution in [0.1, 0.15) is 53.4 Å². The first-order chi connectivity index (χ1) is 11.6. The molecule has 0 spiro atoms. The summed E-state index contributed by atoms with van der Waals surface area (Å²) < 4.78 is 0. The van der Waals surface area contributed by atoms with Gasteiger partial charge in [0.1, 0.15) is 11.6 Å². The van der Waals surface area contributed by atoms with E-state index in [9.17, 15) is 9.59 Å². The van der Waals surface area contributed by atoms with Crippen molar-refractivity contribution in [3.8, 4) is 0 Å². The standard InChI is InChI=1S/C17H21N5O2/c1-3-15-18-9-13(10-19-15)17(24)22-6-4-12(5-7-22)14-8-16(23)21-11(2)20-14/h8-10,12H,3-7H2,1-2H3,(H,20,21,23). The van der Waals surface area contributed by atoms with Crippen LogP contribution in [0.5, 0.6) is 0 Å². The number of hydrogen-bond donors (Lipinski definition) is 1. The Balaban J connectivity index is 1.65. The number of aromatic amines is 1. The largest absolute Gasteiger partial charge is 0.339 e. The van der Waals surface area contributed by atoms with Gasteiger partial charge >= 0.3 is 0 Å². The Morgan fingerprint density at radius 3 is 2.54 bits per heavy atom. The Morgan fingerprint density at radius 2 is 1.96 bits per heavy atom. The number of nitrogens with one attached hydrogen (secondary N) is 1. The fraction of sp³-hybridized carbons (Fsp3) is 0.471. The normalized spacial score (nSPS) is 15.5. The first-order valence-electron chi connectivity index (χ1n) is 8.25. The average Bonchev–Trinajstić information content (AvgIpc) is 2.60. The topological polar surface area (TPSA) is 91.8 Å². The van der Waals surface area contributed by atoms with Crippen LogP contribution in [0.25, 0.3) is 0 Å². The molecule has 7 heteroatoms. The molecule has 0 aliphatic carbocycles. The highest BCUT2D eigenvalue weighted by molar-refractivity contribution is 5.93. The molecular weight excluding hydrogens is 306 g/mol. The Morgan fingerprint density at radius 1 is 1.29 bits per heavy atom. The van der Waals surface area contributed by atoms with Crippen LogP contribution in [0, 0.1) is 6.92 Å². The van der Waals surface area contributed by atoms with Gasteiger partial charge < -0.3 is 9.88 Å². The predicted octanol–water partition coefficient (Wildman–Crippen LogP) is 1.45. The number of aromatic nitrogens is 4. The maximum absolute atomic E-state index is 12.5. The first kappa shape index (κ1) is 16.3. The number of carbonyl (C=O) groups is 1. The average molecular weight is 327 g/mol. The third-order valence-electron chi connectivity index (χ3n) is 4.35. The Kier molecular flexibility index (Phi) is 4.69. The maximum atomic E-state index is 12.5. The molecule has 1 amide bonds. The summed E-state index contributed by atoms with van der Waals surface area (Å²) in [5.74, 6) is 1.55. The molecular formula is C17H21N5O2. The van der Waals surface area contributed by atoms with Crippen LogP contribution in [-0.2, 0) is 6.42 Å². The van der Waals surface area contributed by atoms with Gasteiger partial charge in [0, 0.05) is 43.9 Å². The van der Waals surface area contributed by atoms with Gasteiger partial charge in [0.25, 0.3) is 11.5 Å². The highest BCUT2D eigenvalue weighted by atomic mass is 16.2. The monoisotopic (exact) mass is 327 g/mol. The molecule has 1 fully saturated rings. The van der Waals surface area contributed by atoms with Crippen LogP contribution >= 0.6 is 0 Å². The molecule has 3 rings (SSSR count). The van der Waals surface area contributed by atoms with Crippen molar-refractivity contribution in [2.45, 2.75) is 39.0 Å². The van der Waals surface area contributed by atoms with Gasteiger partial charge in [-0.15, -0.1) is 0 Å². The molecule has 0 saturated carbocycles. The van der Waals surface area contributed by atoms with Crippen molar-refractivity contribution in [3.63, 3.8) is 0 Å². The zero-order valence-corrected chi connectivity index (χ0v) is 14.0. The fourth-order valence-electron chi connectivity index (χ4n) is 3.02. The van der Waals surface area contributed by atoms with E-state index in [2.05, 4.69) is 19.9 Å². The minimum Gasteiger partial charge on any atom is -0.339 e. The lowest BCUT2D eigenvalue weighted by molar-refractivity contribution is 0.0711. The molecule has 1 N–H and O–H groups in total. The number of piperidine rings is 1. The highest BCUT2D eigenvalue weighted by Crippen LogP contribution is 2.26. The van der Waals surface area contributed by atoms with E-state index in [-0.39, 0.29) is 17.4 Å². The SMILES string of the molecule is CCc1ncc(C(=O)N2CCC(c3cc(=O)[nH]c(C)n3)CC2)cn1. The molecule has 2 aromatic rings. The zero-order chi connectivity index (χ0) is 17.1. The quantitative estimate of drug-likeness (QED) is 0.921. The van der Waals surface area contributed by atoms with E-state index in [1.54, 1.807) is 25.4 Å². The van der Waals surface area contributed by atoms with Crippen molar-refractivity contribution in [1.29, 1.82) is 0 Å². The van der Waals surface area contributed by atoms with E-state index in [1.807, 2.05) is 11.8 Å². The molecule has 126 valence electrons. The number of rotatable bonds is 3. The predicted molar refractivity (Wildman–Crippen MR) is 88.9 cm³/mol. The Labute approximate surface area is 140 Å². The molecule has 0 radical (unpaired) electrons. The number of aryl methyl sites for hydroxylation is 2. The molecule has 0 bridgehead atoms. The second-order valence-electron chi connectivity index (χ2n) is 6.06. The van der Waals surface area contributed by atoms with Gasteiger partial charge in [0.15, 0.2) is 0 Å². The number of nitrogens with zero attached hydrogens (tertiary/aromatic N) is 4. The third kappa shape index (κ3) is 3.50. The summed E-state index contributed by atoms with van der Waals surface area (Å²) in [5, 5.41) is 0. The molecule has 3 heterocycles. The molecule has 1 aliphatic heterocycles. The minimum absolute atomic E-state index is 0.0360. The van der Waals surface area contributed by atoms with Gasteiger partial charge in [-0.2, -0.15) is 0 Å². The van der Waals surface area contributed by atoms with Gasteiger partial charge in [-0.25, -0.2) is 15.0 Å². The molecule has 0 unspecified atom stereocenters. The van der Waals surface area contributed by atoms with Gasteiger partial charge in [-0.1, -0.05) is 6.92 Å². The van der Waals surface area contributed by atoms with E-state index in [4.69, 9.17) is 0 Å². The number of H-pyrrole nitrogens is 1. The molecule has 7 nitrogen and oxygen atoms in total. The van der Waals surface area contributed by atoms with Crippen LogP contribution in [-0.4, -0.2) is 43.8 Å². The van der Waals surface area contributed by atoms with Crippen LogP contribution in [0.2, 0.25) is 0 Å². The lowest BCUT2D eigenvalue weighted by Gasteiger charge is -2.31. The van der Waals surface area contributed by atoms with Gasteiger partial charge in [-0.05, 0) is 19.8 Å². The summed E-state index contributed by atoms with van der Waals surface area (Å²) in [6.07, 6.45) is 5.55. The summed E-state index contributed by atoms with van der Waals surface area (Å²) >= 11 is 0. The van der Waals surface area contributed by atoms with E-state index in [1.165, 1.54) is 0 Å². The summed E-state index contributed by atoms with van der Waals surface area (Å²) in [7, 11) is 0. The Bertz CT molecular complexity index is 776. The van der Waals surface area contributed by atoms with E-state index < -0.39 is 0 Å². The molecule has 24 heavy (non-hydrogen) atoms. The second kappa shape index (κ2) is 6.90. The fourth-order valence-corrected chi connectivity index (χ4v) is 3.02. The van der Waals surface area contributed by atoms with E-state index in [0.29, 0.717) is 24.5 Å². The third-order valence-corrected chi connectivity index (χ3v) is 4.35. The summed E-state index contributed by atoms with van der Waals surface area (Å²) in [6.45, 7) is 5.05. The van der Waals surface area contributed by atoms with Crippen LogP contribution in [0.3, 0.4) is 0 Å². The molecule has 2 aromatic heterocycles. The lowest BCUT2D eigenvalue weighted by Crippen LogP contribution is -2.38. The van der Waals surface area contributed by atoms with Crippen LogP contribution in [0.15, 0.2) is 23.3 Å². The summed E-state index contributed by atoms with van der Waals surface area (Å²) in [5.41, 5.74) is 1.22. The highest BCUT2D eigenvalue weighted by Gasteiger charge is 2.26. The Hall–Kier alpha value is -2.57. The van der Waals surface area contributed by atoms with Crippen LogP contribution in [0.4, 0.5) is 0 Å². The van der Waals surface area contributed by atoms with Crippen molar-refractivity contribution in [3.05, 3.63) is 51.7 Å². The van der Waals surface area contributed by atoms with E-state index >= 15 is 0 Å². The summed E-state index contributed by atoms with van der Waals surface area (Å²) in [4.78, 5) is 41.4. The number of carbonyl (C=O) groups excluding carboxylic acids is 1. The summed E-state index contributed by atoms with van der Waals surface area (Å²) in [6, 6.07) is 1.56. The maximum Gasteiger partial charge on any atom is 0.256 e. The van der Waals surface area contributed by atoms with E-state index in [0.717, 1.165) is 30.8 Å².